The number of carboxylic acids is 1. The molecular formula is C13H13F4NO3. The van der Waals surface area contributed by atoms with Gasteiger partial charge >= 0.3 is 12.1 Å². The number of rotatable bonds is 4. The molecule has 0 aromatic heterocycles. The Bertz CT molecular complexity index is 557. The van der Waals surface area contributed by atoms with Crippen LogP contribution in [0.4, 0.5) is 17.6 Å². The summed E-state index contributed by atoms with van der Waals surface area (Å²) < 4.78 is 50.8. The molecule has 0 saturated carbocycles. The zero-order valence-electron chi connectivity index (χ0n) is 11.2. The Balaban J connectivity index is 3.01. The molecular weight excluding hydrogens is 294 g/mol. The number of alkyl halides is 3. The molecule has 1 rings (SSSR count). The van der Waals surface area contributed by atoms with E-state index in [-0.39, 0.29) is 12.1 Å². The van der Waals surface area contributed by atoms with Crippen LogP contribution < -0.4 is 0 Å². The van der Waals surface area contributed by atoms with Crippen molar-refractivity contribution in [2.24, 2.45) is 5.92 Å². The van der Waals surface area contributed by atoms with E-state index in [2.05, 4.69) is 0 Å². The molecule has 0 fully saturated rings. The molecule has 0 bridgehead atoms. The summed E-state index contributed by atoms with van der Waals surface area (Å²) in [6.45, 7) is 1.19. The number of aliphatic carboxylic acids is 1. The van der Waals surface area contributed by atoms with Crippen molar-refractivity contribution in [3.63, 3.8) is 0 Å². The maximum atomic E-state index is 13.1. The van der Waals surface area contributed by atoms with Crippen LogP contribution in [-0.2, 0) is 11.0 Å². The van der Waals surface area contributed by atoms with E-state index in [1.807, 2.05) is 0 Å². The highest BCUT2D eigenvalue weighted by molar-refractivity contribution is 5.94. The lowest BCUT2D eigenvalue weighted by Gasteiger charge is -2.20. The third kappa shape index (κ3) is 4.17. The quantitative estimate of drug-likeness (QED) is 0.870. The van der Waals surface area contributed by atoms with Crippen molar-refractivity contribution in [3.05, 3.63) is 35.1 Å². The van der Waals surface area contributed by atoms with Gasteiger partial charge in [0.15, 0.2) is 0 Å². The van der Waals surface area contributed by atoms with Gasteiger partial charge in [0.1, 0.15) is 5.82 Å². The van der Waals surface area contributed by atoms with Crippen molar-refractivity contribution < 1.29 is 32.3 Å². The summed E-state index contributed by atoms with van der Waals surface area (Å²) in [5, 5.41) is 8.73. The van der Waals surface area contributed by atoms with Gasteiger partial charge in [0, 0.05) is 19.2 Å². The summed E-state index contributed by atoms with van der Waals surface area (Å²) in [7, 11) is 1.26. The molecule has 4 nitrogen and oxygen atoms in total. The van der Waals surface area contributed by atoms with Crippen LogP contribution in [0.5, 0.6) is 0 Å². The van der Waals surface area contributed by atoms with E-state index in [1.54, 1.807) is 0 Å². The monoisotopic (exact) mass is 307 g/mol. The summed E-state index contributed by atoms with van der Waals surface area (Å²) in [6, 6.07) is 1.90. The fraction of sp³-hybridized carbons (Fsp3) is 0.385. The Labute approximate surface area is 118 Å². The van der Waals surface area contributed by atoms with Gasteiger partial charge in [-0.2, -0.15) is 13.2 Å². The lowest BCUT2D eigenvalue weighted by Crippen LogP contribution is -2.33. The van der Waals surface area contributed by atoms with Gasteiger partial charge in [-0.3, -0.25) is 9.59 Å². The molecule has 1 amide bonds. The van der Waals surface area contributed by atoms with Crippen molar-refractivity contribution in [2.75, 3.05) is 13.6 Å². The largest absolute Gasteiger partial charge is 0.481 e. The number of carbonyl (C=O) groups is 2. The number of nitrogens with zero attached hydrogens (tertiary/aromatic N) is 1. The number of hydrogen-bond acceptors (Lipinski definition) is 2. The van der Waals surface area contributed by atoms with Crippen molar-refractivity contribution in [2.45, 2.75) is 13.1 Å². The average Bonchev–Trinajstić information content (AvgIpc) is 2.36. The van der Waals surface area contributed by atoms with E-state index in [0.717, 1.165) is 11.0 Å². The second-order valence-electron chi connectivity index (χ2n) is 4.62. The average molecular weight is 307 g/mol. The second-order valence-corrected chi connectivity index (χ2v) is 4.62. The van der Waals surface area contributed by atoms with Crippen molar-refractivity contribution in [3.8, 4) is 0 Å². The zero-order chi connectivity index (χ0) is 16.4. The number of carboxylic acid groups (broad SMARTS) is 1. The molecule has 1 atom stereocenters. The van der Waals surface area contributed by atoms with Crippen LogP contribution >= 0.6 is 0 Å². The first-order chi connectivity index (χ1) is 9.54. The molecule has 0 aliphatic heterocycles. The van der Waals surface area contributed by atoms with Gasteiger partial charge in [-0.1, -0.05) is 6.92 Å². The van der Waals surface area contributed by atoms with Crippen molar-refractivity contribution in [1.29, 1.82) is 0 Å². The molecule has 1 aromatic carbocycles. The van der Waals surface area contributed by atoms with Crippen molar-refractivity contribution >= 4 is 11.9 Å². The molecule has 21 heavy (non-hydrogen) atoms. The van der Waals surface area contributed by atoms with Crippen LogP contribution in [0.1, 0.15) is 22.8 Å². The number of hydrogen-bond donors (Lipinski definition) is 1. The van der Waals surface area contributed by atoms with E-state index in [1.165, 1.54) is 14.0 Å². The third-order valence-electron chi connectivity index (χ3n) is 2.83. The first-order valence-electron chi connectivity index (χ1n) is 5.89. The molecule has 8 heteroatoms. The van der Waals surface area contributed by atoms with Gasteiger partial charge < -0.3 is 10.0 Å². The molecule has 1 aromatic rings. The molecule has 0 spiro atoms. The molecule has 1 N–H and O–H groups in total. The summed E-state index contributed by atoms with van der Waals surface area (Å²) >= 11 is 0. The fourth-order valence-corrected chi connectivity index (χ4v) is 1.67. The van der Waals surface area contributed by atoms with E-state index in [0.29, 0.717) is 12.1 Å². The molecule has 0 heterocycles. The topological polar surface area (TPSA) is 57.6 Å². The summed E-state index contributed by atoms with van der Waals surface area (Å²) in [5.41, 5.74) is -1.89. The maximum Gasteiger partial charge on any atom is 0.419 e. The minimum atomic E-state index is -4.91. The predicted molar refractivity (Wildman–Crippen MR) is 65.2 cm³/mol. The van der Waals surface area contributed by atoms with Gasteiger partial charge in [-0.15, -0.1) is 0 Å². The van der Waals surface area contributed by atoms with E-state index in [4.69, 9.17) is 5.11 Å². The highest BCUT2D eigenvalue weighted by atomic mass is 19.4. The van der Waals surface area contributed by atoms with Gasteiger partial charge in [0.25, 0.3) is 5.91 Å². The molecule has 116 valence electrons. The fourth-order valence-electron chi connectivity index (χ4n) is 1.67. The van der Waals surface area contributed by atoms with Crippen LogP contribution in [-0.4, -0.2) is 35.5 Å². The first-order valence-corrected chi connectivity index (χ1v) is 5.89. The van der Waals surface area contributed by atoms with Crippen LogP contribution in [0.15, 0.2) is 18.2 Å². The molecule has 0 saturated heterocycles. The Morgan fingerprint density at radius 3 is 2.38 bits per heavy atom. The summed E-state index contributed by atoms with van der Waals surface area (Å²) in [6.07, 6.45) is -4.91. The van der Waals surface area contributed by atoms with E-state index < -0.39 is 35.4 Å². The Morgan fingerprint density at radius 2 is 1.90 bits per heavy atom. The Hall–Kier alpha value is -2.12. The predicted octanol–water partition coefficient (Wildman–Crippen LogP) is 2.64. The zero-order valence-corrected chi connectivity index (χ0v) is 11.2. The molecule has 0 aliphatic carbocycles. The van der Waals surface area contributed by atoms with Gasteiger partial charge in [0.05, 0.1) is 11.5 Å². The smallest absolute Gasteiger partial charge is 0.419 e. The first kappa shape index (κ1) is 16.9. The van der Waals surface area contributed by atoms with Crippen molar-refractivity contribution in [1.82, 2.24) is 4.90 Å². The van der Waals surface area contributed by atoms with Gasteiger partial charge in [-0.05, 0) is 18.2 Å². The van der Waals surface area contributed by atoms with Crippen LogP contribution in [0.25, 0.3) is 0 Å². The van der Waals surface area contributed by atoms with E-state index >= 15 is 0 Å². The van der Waals surface area contributed by atoms with Gasteiger partial charge in [0.2, 0.25) is 0 Å². The lowest BCUT2D eigenvalue weighted by atomic mass is 10.1. The highest BCUT2D eigenvalue weighted by Crippen LogP contribution is 2.32. The number of halogens is 4. The normalized spacial score (nSPS) is 12.9. The summed E-state index contributed by atoms with van der Waals surface area (Å²) in [5.74, 6) is -4.29. The SMILES string of the molecule is CC(CN(C)C(=O)c1ccc(F)c(C(F)(F)F)c1)C(=O)O. The van der Waals surface area contributed by atoms with E-state index in [9.17, 15) is 27.2 Å². The molecule has 1 unspecified atom stereocenters. The van der Waals surface area contributed by atoms with Gasteiger partial charge in [-0.25, -0.2) is 4.39 Å². The van der Waals surface area contributed by atoms with Crippen LogP contribution in [0.2, 0.25) is 0 Å². The Morgan fingerprint density at radius 1 is 1.33 bits per heavy atom. The minimum Gasteiger partial charge on any atom is -0.481 e. The maximum absolute atomic E-state index is 13.1. The number of carbonyl (C=O) groups excluding carboxylic acids is 1. The molecule has 0 aliphatic rings. The highest BCUT2D eigenvalue weighted by Gasteiger charge is 2.35. The standard InChI is InChI=1S/C13H13F4NO3/c1-7(12(20)21)6-18(2)11(19)8-3-4-10(14)9(5-8)13(15,16)17/h3-5,7H,6H2,1-2H3,(H,20,21). The molecule has 0 radical (unpaired) electrons. The van der Waals surface area contributed by atoms with Crippen LogP contribution in [0, 0.1) is 11.7 Å². The lowest BCUT2D eigenvalue weighted by molar-refractivity contribution is -0.141. The Kier molecular flexibility index (Phi) is 4.93. The second kappa shape index (κ2) is 6.11. The number of amides is 1. The number of benzene rings is 1. The third-order valence-corrected chi connectivity index (χ3v) is 2.83. The van der Waals surface area contributed by atoms with Crippen LogP contribution in [0.3, 0.4) is 0 Å². The summed E-state index contributed by atoms with van der Waals surface area (Å²) in [4.78, 5) is 23.6. The minimum absolute atomic E-state index is 0.174.